The molecule has 116 valence electrons. The van der Waals surface area contributed by atoms with Crippen molar-refractivity contribution in [1.82, 2.24) is 4.72 Å². The Morgan fingerprint density at radius 3 is 2.52 bits per heavy atom. The van der Waals surface area contributed by atoms with Gasteiger partial charge >= 0.3 is 5.97 Å². The third-order valence-electron chi connectivity index (χ3n) is 2.63. The average Bonchev–Trinajstić information content (AvgIpc) is 2.42. The zero-order chi connectivity index (χ0) is 16.0. The maximum Gasteiger partial charge on any atom is 0.321 e. The number of nitrogens with one attached hydrogen (secondary N) is 1. The molecule has 0 aliphatic heterocycles. The SMILES string of the molecule is COc1ccccc1S(=O)(=O)NC(CCC(N)=O)C(=O)O. The number of nitrogens with two attached hydrogens (primary N) is 1. The summed E-state index contributed by atoms with van der Waals surface area (Å²) >= 11 is 0. The summed E-state index contributed by atoms with van der Waals surface area (Å²) in [5.74, 6) is -2.02. The van der Waals surface area contributed by atoms with Crippen molar-refractivity contribution in [2.75, 3.05) is 7.11 Å². The van der Waals surface area contributed by atoms with Crippen LogP contribution in [0.15, 0.2) is 29.2 Å². The summed E-state index contributed by atoms with van der Waals surface area (Å²) in [6, 6.07) is 4.34. The number of benzene rings is 1. The first-order chi connectivity index (χ1) is 9.77. The highest BCUT2D eigenvalue weighted by Crippen LogP contribution is 2.23. The van der Waals surface area contributed by atoms with E-state index in [1.54, 1.807) is 6.07 Å². The molecular weight excluding hydrogens is 300 g/mol. The molecule has 1 aromatic rings. The number of primary amides is 1. The molecule has 1 aromatic carbocycles. The number of methoxy groups -OCH3 is 1. The van der Waals surface area contributed by atoms with Gasteiger partial charge in [-0.15, -0.1) is 0 Å². The van der Waals surface area contributed by atoms with Gasteiger partial charge in [-0.25, -0.2) is 8.42 Å². The Bertz CT molecular complexity index is 628. The first kappa shape index (κ1) is 16.9. The number of ether oxygens (including phenoxy) is 1. The minimum absolute atomic E-state index is 0.0871. The molecule has 1 amide bonds. The highest BCUT2D eigenvalue weighted by Gasteiger charge is 2.27. The van der Waals surface area contributed by atoms with Crippen LogP contribution >= 0.6 is 0 Å². The van der Waals surface area contributed by atoms with Gasteiger partial charge < -0.3 is 15.6 Å². The van der Waals surface area contributed by atoms with Crippen molar-refractivity contribution >= 4 is 21.9 Å². The zero-order valence-corrected chi connectivity index (χ0v) is 12.1. The van der Waals surface area contributed by atoms with Gasteiger partial charge in [-0.1, -0.05) is 12.1 Å². The molecule has 0 bridgehead atoms. The molecule has 9 heteroatoms. The Labute approximate surface area is 122 Å². The molecule has 0 heterocycles. The highest BCUT2D eigenvalue weighted by molar-refractivity contribution is 7.89. The summed E-state index contributed by atoms with van der Waals surface area (Å²) in [5.41, 5.74) is 4.93. The molecule has 0 fully saturated rings. The number of rotatable bonds is 8. The Balaban J connectivity index is 3.00. The van der Waals surface area contributed by atoms with Crippen molar-refractivity contribution in [2.24, 2.45) is 5.73 Å². The number of carbonyl (C=O) groups is 2. The van der Waals surface area contributed by atoms with Crippen LogP contribution in [-0.4, -0.2) is 38.6 Å². The minimum Gasteiger partial charge on any atom is -0.495 e. The van der Waals surface area contributed by atoms with Gasteiger partial charge in [-0.2, -0.15) is 4.72 Å². The van der Waals surface area contributed by atoms with E-state index in [1.165, 1.54) is 25.3 Å². The Hall–Kier alpha value is -2.13. The van der Waals surface area contributed by atoms with Crippen molar-refractivity contribution < 1.29 is 27.9 Å². The fraction of sp³-hybridized carbons (Fsp3) is 0.333. The number of hydrogen-bond acceptors (Lipinski definition) is 5. The second kappa shape index (κ2) is 7.04. The lowest BCUT2D eigenvalue weighted by Crippen LogP contribution is -2.41. The van der Waals surface area contributed by atoms with Crippen LogP contribution in [-0.2, 0) is 19.6 Å². The van der Waals surface area contributed by atoms with Crippen molar-refractivity contribution in [2.45, 2.75) is 23.8 Å². The maximum atomic E-state index is 12.2. The highest BCUT2D eigenvalue weighted by atomic mass is 32.2. The lowest BCUT2D eigenvalue weighted by atomic mass is 10.2. The van der Waals surface area contributed by atoms with Crippen LogP contribution in [0.4, 0.5) is 0 Å². The Morgan fingerprint density at radius 2 is 2.00 bits per heavy atom. The molecule has 0 saturated heterocycles. The predicted octanol–water partition coefficient (Wildman–Crippen LogP) is -0.308. The summed E-state index contributed by atoms with van der Waals surface area (Å²) < 4.78 is 31.4. The second-order valence-corrected chi connectivity index (χ2v) is 5.85. The van der Waals surface area contributed by atoms with Crippen LogP contribution in [0.5, 0.6) is 5.75 Å². The largest absolute Gasteiger partial charge is 0.495 e. The molecule has 1 rings (SSSR count). The van der Waals surface area contributed by atoms with Crippen LogP contribution in [0.25, 0.3) is 0 Å². The number of carboxylic acid groups (broad SMARTS) is 1. The zero-order valence-electron chi connectivity index (χ0n) is 11.3. The molecule has 4 N–H and O–H groups in total. The number of aliphatic carboxylic acids is 1. The first-order valence-corrected chi connectivity index (χ1v) is 7.42. The molecule has 1 atom stereocenters. The topological polar surface area (TPSA) is 136 Å². The summed E-state index contributed by atoms with van der Waals surface area (Å²) in [6.07, 6.45) is -0.482. The van der Waals surface area contributed by atoms with Gasteiger partial charge in [-0.05, 0) is 18.6 Å². The predicted molar refractivity (Wildman–Crippen MR) is 73.2 cm³/mol. The monoisotopic (exact) mass is 316 g/mol. The summed E-state index contributed by atoms with van der Waals surface area (Å²) in [4.78, 5) is 21.6. The van der Waals surface area contributed by atoms with Crippen molar-refractivity contribution in [3.8, 4) is 5.75 Å². The first-order valence-electron chi connectivity index (χ1n) is 5.94. The Kier molecular flexibility index (Phi) is 5.68. The van der Waals surface area contributed by atoms with E-state index in [2.05, 4.69) is 0 Å². The van der Waals surface area contributed by atoms with E-state index < -0.39 is 27.9 Å². The number of carboxylic acids is 1. The third kappa shape index (κ3) is 4.72. The second-order valence-electron chi connectivity index (χ2n) is 4.17. The summed E-state index contributed by atoms with van der Waals surface area (Å²) in [7, 11) is -2.80. The number of para-hydroxylation sites is 1. The van der Waals surface area contributed by atoms with Crippen LogP contribution in [0.3, 0.4) is 0 Å². The molecule has 1 unspecified atom stereocenters. The van der Waals surface area contributed by atoms with E-state index in [1.807, 2.05) is 4.72 Å². The number of amides is 1. The van der Waals surface area contributed by atoms with Crippen LogP contribution in [0.2, 0.25) is 0 Å². The van der Waals surface area contributed by atoms with Gasteiger partial charge in [0.2, 0.25) is 15.9 Å². The molecule has 0 aliphatic rings. The van der Waals surface area contributed by atoms with Crippen LogP contribution < -0.4 is 15.2 Å². The van der Waals surface area contributed by atoms with E-state index in [9.17, 15) is 18.0 Å². The van der Waals surface area contributed by atoms with E-state index in [4.69, 9.17) is 15.6 Å². The van der Waals surface area contributed by atoms with E-state index in [-0.39, 0.29) is 23.5 Å². The van der Waals surface area contributed by atoms with Crippen molar-refractivity contribution in [1.29, 1.82) is 0 Å². The fourth-order valence-corrected chi connectivity index (χ4v) is 3.01. The fourth-order valence-electron chi connectivity index (χ4n) is 1.61. The summed E-state index contributed by atoms with van der Waals surface area (Å²) in [5, 5.41) is 9.01. The van der Waals surface area contributed by atoms with E-state index in [0.29, 0.717) is 0 Å². The molecule has 0 aromatic heterocycles. The lowest BCUT2D eigenvalue weighted by Gasteiger charge is -2.15. The number of sulfonamides is 1. The van der Waals surface area contributed by atoms with Gasteiger partial charge in [0.15, 0.2) is 0 Å². The molecule has 21 heavy (non-hydrogen) atoms. The van der Waals surface area contributed by atoms with Gasteiger partial charge in [0, 0.05) is 6.42 Å². The van der Waals surface area contributed by atoms with Crippen molar-refractivity contribution in [3.63, 3.8) is 0 Å². The number of hydrogen-bond donors (Lipinski definition) is 3. The molecule has 0 radical (unpaired) electrons. The normalized spacial score (nSPS) is 12.6. The van der Waals surface area contributed by atoms with E-state index >= 15 is 0 Å². The number of carbonyl (C=O) groups excluding carboxylic acids is 1. The molecule has 0 spiro atoms. The van der Waals surface area contributed by atoms with Gasteiger partial charge in [-0.3, -0.25) is 9.59 Å². The molecule has 8 nitrogen and oxygen atoms in total. The maximum absolute atomic E-state index is 12.2. The van der Waals surface area contributed by atoms with Crippen LogP contribution in [0.1, 0.15) is 12.8 Å². The third-order valence-corrected chi connectivity index (χ3v) is 4.14. The summed E-state index contributed by atoms with van der Waals surface area (Å²) in [6.45, 7) is 0. The lowest BCUT2D eigenvalue weighted by molar-refractivity contribution is -0.139. The average molecular weight is 316 g/mol. The molecule has 0 saturated carbocycles. The van der Waals surface area contributed by atoms with Gasteiger partial charge in [0.25, 0.3) is 0 Å². The quantitative estimate of drug-likeness (QED) is 0.602. The van der Waals surface area contributed by atoms with Crippen LogP contribution in [0, 0.1) is 0 Å². The molecular formula is C12H16N2O6S. The standard InChI is InChI=1S/C12H16N2O6S/c1-20-9-4-2-3-5-10(9)21(18,19)14-8(12(16)17)6-7-11(13)15/h2-5,8,14H,6-7H2,1H3,(H2,13,15)(H,16,17). The van der Waals surface area contributed by atoms with Gasteiger partial charge in [0.1, 0.15) is 16.7 Å². The smallest absolute Gasteiger partial charge is 0.321 e. The minimum atomic E-state index is -4.10. The van der Waals surface area contributed by atoms with Crippen molar-refractivity contribution in [3.05, 3.63) is 24.3 Å². The Morgan fingerprint density at radius 1 is 1.38 bits per heavy atom. The van der Waals surface area contributed by atoms with Gasteiger partial charge in [0.05, 0.1) is 7.11 Å². The molecule has 0 aliphatic carbocycles. The van der Waals surface area contributed by atoms with E-state index in [0.717, 1.165) is 0 Å².